The number of carbonyl (C=O) groups is 1. The van der Waals surface area contributed by atoms with Gasteiger partial charge in [0, 0.05) is 16.3 Å². The van der Waals surface area contributed by atoms with E-state index < -0.39 is 0 Å². The van der Waals surface area contributed by atoms with Gasteiger partial charge in [0.05, 0.1) is 5.69 Å². The number of hydrogen-bond acceptors (Lipinski definition) is 4. The molecule has 5 nitrogen and oxygen atoms in total. The van der Waals surface area contributed by atoms with Crippen LogP contribution in [-0.4, -0.2) is 11.1 Å². The Bertz CT molecular complexity index is 868. The van der Waals surface area contributed by atoms with Gasteiger partial charge < -0.3 is 14.6 Å². The molecule has 1 amide bonds. The fourth-order valence-electron chi connectivity index (χ4n) is 2.41. The van der Waals surface area contributed by atoms with Crippen LogP contribution in [0.25, 0.3) is 0 Å². The van der Waals surface area contributed by atoms with Crippen LogP contribution in [-0.2, 0) is 6.61 Å². The normalized spacial score (nSPS) is 10.5. The van der Waals surface area contributed by atoms with Crippen molar-refractivity contribution in [3.63, 3.8) is 0 Å². The van der Waals surface area contributed by atoms with Gasteiger partial charge >= 0.3 is 0 Å². The maximum Gasteiger partial charge on any atom is 0.261 e. The van der Waals surface area contributed by atoms with Crippen molar-refractivity contribution >= 4 is 23.2 Å². The second kappa shape index (κ2) is 7.40. The fraction of sp³-hybridized carbons (Fsp3) is 0.158. The van der Waals surface area contributed by atoms with E-state index in [1.807, 2.05) is 24.3 Å². The molecule has 3 rings (SSSR count). The predicted molar refractivity (Wildman–Crippen MR) is 96.2 cm³/mol. The second-order valence-corrected chi connectivity index (χ2v) is 5.96. The molecule has 1 N–H and O–H groups in total. The first-order valence-electron chi connectivity index (χ1n) is 7.75. The van der Waals surface area contributed by atoms with Gasteiger partial charge in [-0.2, -0.15) is 0 Å². The lowest BCUT2D eigenvalue weighted by atomic mass is 10.2. The number of benzene rings is 2. The van der Waals surface area contributed by atoms with E-state index in [0.29, 0.717) is 40.1 Å². The molecule has 0 saturated heterocycles. The molecule has 1 heterocycles. The van der Waals surface area contributed by atoms with Crippen LogP contribution in [0.15, 0.2) is 53.1 Å². The number of nitrogens with one attached hydrogen (secondary N) is 1. The molecule has 0 saturated carbocycles. The Balaban J connectivity index is 1.62. The number of amides is 1. The summed E-state index contributed by atoms with van der Waals surface area (Å²) in [4.78, 5) is 12.3. The standard InChI is InChI=1S/C19H17ClN2O3/c1-12-18(13(2)25-22-12)19(23)21-15-7-9-16(10-8-15)24-11-14-5-3-4-6-17(14)20/h3-10H,11H2,1-2H3,(H,21,23). The summed E-state index contributed by atoms with van der Waals surface area (Å²) in [7, 11) is 0. The maximum absolute atomic E-state index is 12.3. The van der Waals surface area contributed by atoms with Crippen LogP contribution in [0, 0.1) is 13.8 Å². The monoisotopic (exact) mass is 356 g/mol. The molecule has 0 spiro atoms. The van der Waals surface area contributed by atoms with Crippen molar-refractivity contribution < 1.29 is 14.1 Å². The van der Waals surface area contributed by atoms with Crippen LogP contribution in [0.3, 0.4) is 0 Å². The number of carbonyl (C=O) groups excluding carboxylic acids is 1. The summed E-state index contributed by atoms with van der Waals surface area (Å²) >= 11 is 6.11. The number of rotatable bonds is 5. The van der Waals surface area contributed by atoms with Gasteiger partial charge in [0.15, 0.2) is 0 Å². The first kappa shape index (κ1) is 17.0. The number of hydrogen-bond donors (Lipinski definition) is 1. The molecule has 3 aromatic rings. The van der Waals surface area contributed by atoms with E-state index in [1.165, 1.54) is 0 Å². The zero-order valence-corrected chi connectivity index (χ0v) is 14.6. The van der Waals surface area contributed by atoms with E-state index in [0.717, 1.165) is 5.56 Å². The van der Waals surface area contributed by atoms with Crippen molar-refractivity contribution in [2.75, 3.05) is 5.32 Å². The van der Waals surface area contributed by atoms with E-state index in [2.05, 4.69) is 10.5 Å². The van der Waals surface area contributed by atoms with Gasteiger partial charge in [-0.05, 0) is 44.2 Å². The van der Waals surface area contributed by atoms with Gasteiger partial charge in [-0.15, -0.1) is 0 Å². The maximum atomic E-state index is 12.3. The Morgan fingerprint density at radius 1 is 1.16 bits per heavy atom. The number of aromatic nitrogens is 1. The molecule has 0 atom stereocenters. The third-order valence-corrected chi connectivity index (χ3v) is 4.09. The van der Waals surface area contributed by atoms with Crippen molar-refractivity contribution in [3.05, 3.63) is 76.1 Å². The Morgan fingerprint density at radius 2 is 1.88 bits per heavy atom. The third kappa shape index (κ3) is 4.00. The number of halogens is 1. The third-order valence-electron chi connectivity index (χ3n) is 3.72. The van der Waals surface area contributed by atoms with Crippen molar-refractivity contribution in [2.24, 2.45) is 0 Å². The Kier molecular flexibility index (Phi) is 5.05. The molecule has 25 heavy (non-hydrogen) atoms. The summed E-state index contributed by atoms with van der Waals surface area (Å²) in [6, 6.07) is 14.7. The highest BCUT2D eigenvalue weighted by Gasteiger charge is 2.17. The molecule has 0 radical (unpaired) electrons. The van der Waals surface area contributed by atoms with Gasteiger partial charge in [-0.3, -0.25) is 4.79 Å². The molecule has 0 unspecified atom stereocenters. The summed E-state index contributed by atoms with van der Waals surface area (Å²) in [6.45, 7) is 3.82. The van der Waals surface area contributed by atoms with E-state index in [-0.39, 0.29) is 5.91 Å². The zero-order valence-electron chi connectivity index (χ0n) is 13.9. The molecule has 0 aliphatic carbocycles. The molecule has 0 aliphatic heterocycles. The summed E-state index contributed by atoms with van der Waals surface area (Å²) in [6.07, 6.45) is 0. The Morgan fingerprint density at radius 3 is 2.52 bits per heavy atom. The highest BCUT2D eigenvalue weighted by molar-refractivity contribution is 6.31. The molecule has 0 aliphatic rings. The van der Waals surface area contributed by atoms with E-state index in [9.17, 15) is 4.79 Å². The lowest BCUT2D eigenvalue weighted by molar-refractivity contribution is 0.102. The molecular weight excluding hydrogens is 340 g/mol. The largest absolute Gasteiger partial charge is 0.489 e. The summed E-state index contributed by atoms with van der Waals surface area (Å²) < 4.78 is 10.7. The SMILES string of the molecule is Cc1noc(C)c1C(=O)Nc1ccc(OCc2ccccc2Cl)cc1. The minimum atomic E-state index is -0.249. The fourth-order valence-corrected chi connectivity index (χ4v) is 2.60. The van der Waals surface area contributed by atoms with Crippen LogP contribution in [0.4, 0.5) is 5.69 Å². The van der Waals surface area contributed by atoms with Crippen molar-refractivity contribution in [2.45, 2.75) is 20.5 Å². The minimum Gasteiger partial charge on any atom is -0.489 e. The molecule has 0 bridgehead atoms. The van der Waals surface area contributed by atoms with Gasteiger partial charge in [0.1, 0.15) is 23.7 Å². The van der Waals surface area contributed by atoms with E-state index in [4.69, 9.17) is 20.9 Å². The highest BCUT2D eigenvalue weighted by atomic mass is 35.5. The molecule has 1 aromatic heterocycles. The molecule has 6 heteroatoms. The average molecular weight is 357 g/mol. The topological polar surface area (TPSA) is 64.4 Å². The van der Waals surface area contributed by atoms with Crippen LogP contribution >= 0.6 is 11.6 Å². The summed E-state index contributed by atoms with van der Waals surface area (Å²) in [5.74, 6) is 0.936. The number of aryl methyl sites for hydroxylation is 2. The van der Waals surface area contributed by atoms with Gasteiger partial charge in [-0.1, -0.05) is 35.0 Å². The summed E-state index contributed by atoms with van der Waals surface area (Å²) in [5.41, 5.74) is 2.60. The highest BCUT2D eigenvalue weighted by Crippen LogP contribution is 2.21. The van der Waals surface area contributed by atoms with Crippen molar-refractivity contribution in [1.82, 2.24) is 5.16 Å². The quantitative estimate of drug-likeness (QED) is 0.714. The van der Waals surface area contributed by atoms with E-state index >= 15 is 0 Å². The Hall–Kier alpha value is -2.79. The van der Waals surface area contributed by atoms with Crippen LogP contribution in [0.2, 0.25) is 5.02 Å². The number of anilines is 1. The van der Waals surface area contributed by atoms with Crippen LogP contribution in [0.5, 0.6) is 5.75 Å². The van der Waals surface area contributed by atoms with Gasteiger partial charge in [0.25, 0.3) is 5.91 Å². The molecular formula is C19H17ClN2O3. The van der Waals surface area contributed by atoms with Gasteiger partial charge in [-0.25, -0.2) is 0 Å². The van der Waals surface area contributed by atoms with E-state index in [1.54, 1.807) is 38.1 Å². The zero-order chi connectivity index (χ0) is 17.8. The smallest absolute Gasteiger partial charge is 0.261 e. The number of nitrogens with zero attached hydrogens (tertiary/aromatic N) is 1. The predicted octanol–water partition coefficient (Wildman–Crippen LogP) is 4.78. The lowest BCUT2D eigenvalue weighted by Crippen LogP contribution is -2.13. The number of ether oxygens (including phenoxy) is 1. The van der Waals surface area contributed by atoms with Gasteiger partial charge in [0.2, 0.25) is 0 Å². The van der Waals surface area contributed by atoms with Crippen LogP contribution in [0.1, 0.15) is 27.4 Å². The minimum absolute atomic E-state index is 0.249. The lowest BCUT2D eigenvalue weighted by Gasteiger charge is -2.09. The average Bonchev–Trinajstić information content (AvgIpc) is 2.94. The summed E-state index contributed by atoms with van der Waals surface area (Å²) in [5, 5.41) is 7.28. The molecule has 2 aromatic carbocycles. The Labute approximate surface area is 150 Å². The second-order valence-electron chi connectivity index (χ2n) is 5.56. The van der Waals surface area contributed by atoms with Crippen LogP contribution < -0.4 is 10.1 Å². The molecule has 0 fully saturated rings. The first-order valence-corrected chi connectivity index (χ1v) is 8.13. The van der Waals surface area contributed by atoms with Crippen molar-refractivity contribution in [1.29, 1.82) is 0 Å². The van der Waals surface area contributed by atoms with Crippen molar-refractivity contribution in [3.8, 4) is 5.75 Å². The molecule has 128 valence electrons. The first-order chi connectivity index (χ1) is 12.0.